The highest BCUT2D eigenvalue weighted by Crippen LogP contribution is 2.52. The monoisotopic (exact) mass is 520 g/mol. The van der Waals surface area contributed by atoms with Crippen molar-refractivity contribution in [3.8, 4) is 5.75 Å². The average molecular weight is 521 g/mol. The lowest BCUT2D eigenvalue weighted by Gasteiger charge is -2.52. The number of carbonyl (C=O) groups excluding carboxylic acids is 1. The molecule has 2 fully saturated rings. The number of rotatable bonds is 6. The second-order valence-corrected chi connectivity index (χ2v) is 10.3. The van der Waals surface area contributed by atoms with Crippen LogP contribution in [0.15, 0.2) is 36.5 Å². The molecule has 0 atom stereocenters. The molecule has 0 radical (unpaired) electrons. The van der Waals surface area contributed by atoms with Gasteiger partial charge in [0.05, 0.1) is 10.6 Å². The fourth-order valence-corrected chi connectivity index (χ4v) is 5.92. The summed E-state index contributed by atoms with van der Waals surface area (Å²) in [6, 6.07) is 7.84. The van der Waals surface area contributed by atoms with E-state index in [1.54, 1.807) is 24.4 Å². The van der Waals surface area contributed by atoms with E-state index in [1.165, 1.54) is 12.1 Å². The summed E-state index contributed by atoms with van der Waals surface area (Å²) in [6.45, 7) is 4.35. The smallest absolute Gasteiger partial charge is 0.406 e. The molecule has 1 saturated carbocycles. The maximum atomic E-state index is 13.0. The third-order valence-corrected chi connectivity index (χ3v) is 7.74. The van der Waals surface area contributed by atoms with Crippen LogP contribution in [0.1, 0.15) is 48.7 Å². The predicted molar refractivity (Wildman–Crippen MR) is 133 cm³/mol. The molecule has 0 unspecified atom stereocenters. The summed E-state index contributed by atoms with van der Waals surface area (Å²) < 4.78 is 41.1. The van der Waals surface area contributed by atoms with Crippen LogP contribution in [0.25, 0.3) is 11.0 Å². The van der Waals surface area contributed by atoms with E-state index in [4.69, 9.17) is 11.6 Å². The van der Waals surface area contributed by atoms with Crippen LogP contribution in [0.2, 0.25) is 5.02 Å². The normalized spacial score (nSPS) is 17.9. The molecule has 1 aromatic carbocycles. The maximum absolute atomic E-state index is 13.0. The van der Waals surface area contributed by atoms with Gasteiger partial charge >= 0.3 is 6.36 Å². The summed E-state index contributed by atoms with van der Waals surface area (Å²) in [5, 5.41) is 4.36. The first-order chi connectivity index (χ1) is 17.1. The van der Waals surface area contributed by atoms with Crippen LogP contribution >= 0.6 is 11.6 Å². The van der Waals surface area contributed by atoms with E-state index in [9.17, 15) is 18.0 Å². The van der Waals surface area contributed by atoms with E-state index in [2.05, 4.69) is 24.9 Å². The Morgan fingerprint density at radius 1 is 1.25 bits per heavy atom. The molecule has 1 aliphatic carbocycles. The number of ether oxygens (including phenoxy) is 1. The lowest BCUT2D eigenvalue weighted by molar-refractivity contribution is -0.274. The fraction of sp³-hybridized carbons (Fsp3) is 0.462. The number of anilines is 1. The van der Waals surface area contributed by atoms with E-state index in [-0.39, 0.29) is 17.1 Å². The summed E-state index contributed by atoms with van der Waals surface area (Å²) in [6.07, 6.45) is 1.78. The Balaban J connectivity index is 1.12. The molecule has 36 heavy (non-hydrogen) atoms. The molecule has 1 saturated heterocycles. The number of fused-ring (bicyclic) bond motifs is 1. The SMILES string of the molecule is CCc1[nH]c2ncc(Cl)cc2c1C(=O)NCC1CC2(CCN(c3ccc(OC(F)(F)F)cc3)CC2)C1. The lowest BCUT2D eigenvalue weighted by Crippen LogP contribution is -2.49. The largest absolute Gasteiger partial charge is 0.573 e. The van der Waals surface area contributed by atoms with Crippen molar-refractivity contribution in [2.75, 3.05) is 24.5 Å². The van der Waals surface area contributed by atoms with Gasteiger partial charge in [-0.15, -0.1) is 13.2 Å². The Bertz CT molecular complexity index is 1240. The number of halogens is 4. The molecule has 5 rings (SSSR count). The zero-order valence-corrected chi connectivity index (χ0v) is 20.7. The molecule has 192 valence electrons. The number of alkyl halides is 3. The van der Waals surface area contributed by atoms with Crippen LogP contribution in [-0.4, -0.2) is 41.9 Å². The number of amides is 1. The molecular formula is C26H28ClF3N4O2. The first-order valence-corrected chi connectivity index (χ1v) is 12.6. The van der Waals surface area contributed by atoms with Gasteiger partial charge in [0.15, 0.2) is 0 Å². The zero-order valence-electron chi connectivity index (χ0n) is 19.9. The zero-order chi connectivity index (χ0) is 25.5. The lowest BCUT2D eigenvalue weighted by atomic mass is 9.57. The predicted octanol–water partition coefficient (Wildman–Crippen LogP) is 6.10. The molecule has 2 aromatic heterocycles. The number of pyridine rings is 1. The standard InChI is InChI=1S/C26H28ClF3N4O2/c1-2-21-22(20-11-17(27)15-31-23(20)33-21)24(35)32-14-16-12-25(13-16)7-9-34(10-8-25)18-3-5-19(6-4-18)36-26(28,29)30/h3-6,11,15-16H,2,7-10,12-14H2,1H3,(H,31,33)(H,32,35). The minimum atomic E-state index is -4.68. The van der Waals surface area contributed by atoms with Gasteiger partial charge < -0.3 is 19.9 Å². The number of benzene rings is 1. The van der Waals surface area contributed by atoms with Crippen LogP contribution in [-0.2, 0) is 6.42 Å². The van der Waals surface area contributed by atoms with Gasteiger partial charge in [0.25, 0.3) is 5.91 Å². The number of hydrogen-bond acceptors (Lipinski definition) is 4. The Hall–Kier alpha value is -2.94. The number of aromatic amines is 1. The molecule has 2 aliphatic rings. The van der Waals surface area contributed by atoms with Crippen molar-refractivity contribution >= 4 is 34.2 Å². The number of H-pyrrole nitrogens is 1. The molecule has 2 N–H and O–H groups in total. The summed E-state index contributed by atoms with van der Waals surface area (Å²) >= 11 is 6.11. The van der Waals surface area contributed by atoms with Gasteiger partial charge in [0.1, 0.15) is 11.4 Å². The van der Waals surface area contributed by atoms with Crippen molar-refractivity contribution in [3.05, 3.63) is 52.8 Å². The molecule has 6 nitrogen and oxygen atoms in total. The third-order valence-electron chi connectivity index (χ3n) is 7.53. The van der Waals surface area contributed by atoms with Gasteiger partial charge in [-0.05, 0) is 73.8 Å². The van der Waals surface area contributed by atoms with Crippen LogP contribution in [0.5, 0.6) is 5.75 Å². The van der Waals surface area contributed by atoms with Crippen molar-refractivity contribution in [1.29, 1.82) is 0 Å². The van der Waals surface area contributed by atoms with E-state index >= 15 is 0 Å². The molecule has 10 heteroatoms. The Morgan fingerprint density at radius 2 is 1.94 bits per heavy atom. The second kappa shape index (κ2) is 9.50. The highest BCUT2D eigenvalue weighted by atomic mass is 35.5. The quantitative estimate of drug-likeness (QED) is 0.412. The summed E-state index contributed by atoms with van der Waals surface area (Å²) in [5.41, 5.74) is 3.34. The maximum Gasteiger partial charge on any atom is 0.573 e. The van der Waals surface area contributed by atoms with Gasteiger partial charge in [-0.25, -0.2) is 4.98 Å². The van der Waals surface area contributed by atoms with Crippen LogP contribution in [0, 0.1) is 11.3 Å². The summed E-state index contributed by atoms with van der Waals surface area (Å²) in [5.74, 6) is 0.133. The minimum Gasteiger partial charge on any atom is -0.406 e. The topological polar surface area (TPSA) is 70.2 Å². The highest BCUT2D eigenvalue weighted by molar-refractivity contribution is 6.31. The molecule has 1 amide bonds. The van der Waals surface area contributed by atoms with Crippen molar-refractivity contribution in [2.24, 2.45) is 11.3 Å². The number of aryl methyl sites for hydroxylation is 1. The Morgan fingerprint density at radius 3 is 2.58 bits per heavy atom. The number of nitrogens with one attached hydrogen (secondary N) is 2. The third kappa shape index (κ3) is 5.12. The van der Waals surface area contributed by atoms with Crippen LogP contribution in [0.3, 0.4) is 0 Å². The van der Waals surface area contributed by atoms with Crippen molar-refractivity contribution in [3.63, 3.8) is 0 Å². The van der Waals surface area contributed by atoms with Gasteiger partial charge in [-0.1, -0.05) is 18.5 Å². The number of piperidine rings is 1. The van der Waals surface area contributed by atoms with Gasteiger partial charge in [0.2, 0.25) is 0 Å². The Labute approximate surface area is 212 Å². The van der Waals surface area contributed by atoms with Crippen molar-refractivity contribution in [2.45, 2.75) is 45.4 Å². The van der Waals surface area contributed by atoms with Crippen LogP contribution < -0.4 is 15.0 Å². The number of nitrogens with zero attached hydrogens (tertiary/aromatic N) is 2. The van der Waals surface area contributed by atoms with E-state index in [0.29, 0.717) is 35.1 Å². The van der Waals surface area contributed by atoms with E-state index in [0.717, 1.165) is 55.5 Å². The number of aromatic nitrogens is 2. The molecule has 1 aliphatic heterocycles. The van der Waals surface area contributed by atoms with E-state index < -0.39 is 6.36 Å². The minimum absolute atomic E-state index is 0.101. The first kappa shape index (κ1) is 24.7. The average Bonchev–Trinajstić information content (AvgIpc) is 3.19. The van der Waals surface area contributed by atoms with Crippen molar-refractivity contribution < 1.29 is 22.7 Å². The second-order valence-electron chi connectivity index (χ2n) is 9.89. The molecule has 1 spiro atoms. The van der Waals surface area contributed by atoms with Crippen LogP contribution in [0.4, 0.5) is 18.9 Å². The fourth-order valence-electron chi connectivity index (χ4n) is 5.76. The molecule has 3 aromatic rings. The van der Waals surface area contributed by atoms with Gasteiger partial charge in [0, 0.05) is 42.6 Å². The molecule has 3 heterocycles. The van der Waals surface area contributed by atoms with Gasteiger partial charge in [-0.2, -0.15) is 0 Å². The summed E-state index contributed by atoms with van der Waals surface area (Å²) in [4.78, 5) is 22.8. The first-order valence-electron chi connectivity index (χ1n) is 12.2. The van der Waals surface area contributed by atoms with Crippen molar-refractivity contribution in [1.82, 2.24) is 15.3 Å². The number of hydrogen-bond donors (Lipinski definition) is 2. The summed E-state index contributed by atoms with van der Waals surface area (Å²) in [7, 11) is 0. The van der Waals surface area contributed by atoms with E-state index in [1.807, 2.05) is 6.92 Å². The number of carbonyl (C=O) groups is 1. The molecular weight excluding hydrogens is 493 g/mol. The Kier molecular flexibility index (Phi) is 6.53. The van der Waals surface area contributed by atoms with Gasteiger partial charge in [-0.3, -0.25) is 4.79 Å². The molecule has 0 bridgehead atoms. The highest BCUT2D eigenvalue weighted by Gasteiger charge is 2.45.